The summed E-state index contributed by atoms with van der Waals surface area (Å²) >= 11 is 0. The summed E-state index contributed by atoms with van der Waals surface area (Å²) in [6.45, 7) is 3.09. The minimum absolute atomic E-state index is 0.211. The Morgan fingerprint density at radius 2 is 2.00 bits per heavy atom. The van der Waals surface area contributed by atoms with Gasteiger partial charge in [-0.3, -0.25) is 4.79 Å². The summed E-state index contributed by atoms with van der Waals surface area (Å²) < 4.78 is 0. The number of carbonyl (C=O) groups is 1. The van der Waals surface area contributed by atoms with Gasteiger partial charge in [0.2, 0.25) is 0 Å². The third-order valence-corrected chi connectivity index (χ3v) is 2.50. The number of aliphatic hydroxyl groups excluding tert-OH is 1. The molecule has 0 radical (unpaired) electrons. The fourth-order valence-electron chi connectivity index (χ4n) is 1.56. The molecule has 1 unspecified atom stereocenters. The monoisotopic (exact) mass is 206 g/mol. The van der Waals surface area contributed by atoms with Crippen LogP contribution in [0.2, 0.25) is 0 Å². The zero-order valence-corrected chi connectivity index (χ0v) is 8.39. The van der Waals surface area contributed by atoms with Crippen LogP contribution < -0.4 is 0 Å². The molecule has 0 spiro atoms. The van der Waals surface area contributed by atoms with E-state index in [0.29, 0.717) is 5.56 Å². The molecule has 0 aliphatic rings. The molecule has 1 rings (SSSR count). The van der Waals surface area contributed by atoms with E-state index in [1.54, 1.807) is 30.3 Å². The van der Waals surface area contributed by atoms with Gasteiger partial charge in [0.1, 0.15) is 5.41 Å². The standard InChI is InChI=1S/C12H14O3/c1-2-8-12(9-13,11(14)15)10-6-4-3-5-7-10/h2-7,13H,1,8-9H2,(H,14,15). The van der Waals surface area contributed by atoms with E-state index in [1.807, 2.05) is 0 Å². The Hall–Kier alpha value is -1.61. The fourth-order valence-corrected chi connectivity index (χ4v) is 1.56. The average Bonchev–Trinajstić information content (AvgIpc) is 2.26. The molecule has 2 N–H and O–H groups in total. The molecule has 0 aliphatic carbocycles. The largest absolute Gasteiger partial charge is 0.481 e. The number of aliphatic carboxylic acids is 1. The Labute approximate surface area is 88.7 Å². The number of benzene rings is 1. The van der Waals surface area contributed by atoms with Crippen LogP contribution in [0.4, 0.5) is 0 Å². The van der Waals surface area contributed by atoms with Crippen molar-refractivity contribution in [2.24, 2.45) is 0 Å². The molecule has 0 saturated carbocycles. The van der Waals surface area contributed by atoms with Gasteiger partial charge in [0.25, 0.3) is 0 Å². The molecule has 15 heavy (non-hydrogen) atoms. The van der Waals surface area contributed by atoms with E-state index in [-0.39, 0.29) is 6.42 Å². The third-order valence-electron chi connectivity index (χ3n) is 2.50. The number of carboxylic acids is 1. The van der Waals surface area contributed by atoms with Gasteiger partial charge in [0.05, 0.1) is 6.61 Å². The van der Waals surface area contributed by atoms with Gasteiger partial charge in [-0.15, -0.1) is 6.58 Å². The van der Waals surface area contributed by atoms with Crippen molar-refractivity contribution < 1.29 is 15.0 Å². The molecule has 1 aromatic carbocycles. The Morgan fingerprint density at radius 3 is 2.40 bits per heavy atom. The van der Waals surface area contributed by atoms with E-state index in [2.05, 4.69) is 6.58 Å². The number of hydrogen-bond acceptors (Lipinski definition) is 2. The van der Waals surface area contributed by atoms with E-state index >= 15 is 0 Å². The number of aliphatic hydroxyl groups is 1. The minimum atomic E-state index is -1.26. The van der Waals surface area contributed by atoms with Gasteiger partial charge in [-0.2, -0.15) is 0 Å². The van der Waals surface area contributed by atoms with Gasteiger partial charge in [0, 0.05) is 0 Å². The SMILES string of the molecule is C=CCC(CO)(C(=O)O)c1ccccc1. The van der Waals surface area contributed by atoms with Crippen LogP contribution in [0.1, 0.15) is 12.0 Å². The van der Waals surface area contributed by atoms with E-state index in [9.17, 15) is 15.0 Å². The van der Waals surface area contributed by atoms with Crippen molar-refractivity contribution in [2.75, 3.05) is 6.61 Å². The van der Waals surface area contributed by atoms with Crippen molar-refractivity contribution in [3.63, 3.8) is 0 Å². The van der Waals surface area contributed by atoms with E-state index < -0.39 is 18.0 Å². The maximum atomic E-state index is 11.2. The van der Waals surface area contributed by atoms with Crippen LogP contribution in [0, 0.1) is 0 Å². The number of allylic oxidation sites excluding steroid dienone is 1. The van der Waals surface area contributed by atoms with Gasteiger partial charge in [-0.1, -0.05) is 36.4 Å². The van der Waals surface area contributed by atoms with Gasteiger partial charge < -0.3 is 10.2 Å². The first kappa shape index (κ1) is 11.5. The maximum absolute atomic E-state index is 11.2. The Kier molecular flexibility index (Phi) is 3.63. The zero-order chi connectivity index (χ0) is 11.3. The lowest BCUT2D eigenvalue weighted by atomic mass is 9.78. The quantitative estimate of drug-likeness (QED) is 0.719. The number of rotatable bonds is 5. The molecule has 0 heterocycles. The molecule has 0 aromatic heterocycles. The summed E-state index contributed by atoms with van der Waals surface area (Å²) in [5, 5.41) is 18.5. The summed E-state index contributed by atoms with van der Waals surface area (Å²) in [6.07, 6.45) is 1.72. The van der Waals surface area contributed by atoms with Gasteiger partial charge in [-0.25, -0.2) is 0 Å². The highest BCUT2D eigenvalue weighted by molar-refractivity contribution is 5.81. The summed E-state index contributed by atoms with van der Waals surface area (Å²) in [7, 11) is 0. The van der Waals surface area contributed by atoms with Gasteiger partial charge >= 0.3 is 5.97 Å². The summed E-state index contributed by atoms with van der Waals surface area (Å²) in [5.74, 6) is -1.03. The molecule has 0 saturated heterocycles. The predicted octanol–water partition coefficient (Wildman–Crippen LogP) is 1.58. The maximum Gasteiger partial charge on any atom is 0.316 e. The van der Waals surface area contributed by atoms with Crippen LogP contribution >= 0.6 is 0 Å². The molecule has 0 fully saturated rings. The molecule has 3 nitrogen and oxygen atoms in total. The molecule has 0 aliphatic heterocycles. The van der Waals surface area contributed by atoms with Crippen molar-refractivity contribution in [3.05, 3.63) is 48.6 Å². The lowest BCUT2D eigenvalue weighted by Gasteiger charge is -2.26. The molecule has 0 bridgehead atoms. The van der Waals surface area contributed by atoms with Crippen molar-refractivity contribution >= 4 is 5.97 Å². The van der Waals surface area contributed by atoms with E-state index in [4.69, 9.17) is 0 Å². The summed E-state index contributed by atoms with van der Waals surface area (Å²) in [6, 6.07) is 8.72. The second-order valence-corrected chi connectivity index (χ2v) is 3.40. The zero-order valence-electron chi connectivity index (χ0n) is 8.39. The van der Waals surface area contributed by atoms with Gasteiger partial charge in [0.15, 0.2) is 0 Å². The molecule has 3 heteroatoms. The molecule has 1 aromatic rings. The Bertz CT molecular complexity index is 345. The minimum Gasteiger partial charge on any atom is -0.481 e. The van der Waals surface area contributed by atoms with E-state index in [0.717, 1.165) is 0 Å². The summed E-state index contributed by atoms with van der Waals surface area (Å²) in [4.78, 5) is 11.2. The molecule has 0 amide bonds. The van der Waals surface area contributed by atoms with Crippen LogP contribution in [-0.2, 0) is 10.2 Å². The van der Waals surface area contributed by atoms with Crippen LogP contribution in [0.3, 0.4) is 0 Å². The third kappa shape index (κ3) is 2.07. The predicted molar refractivity (Wildman–Crippen MR) is 57.7 cm³/mol. The molecule has 80 valence electrons. The molecule has 1 atom stereocenters. The van der Waals surface area contributed by atoms with E-state index in [1.165, 1.54) is 6.08 Å². The average molecular weight is 206 g/mol. The highest BCUT2D eigenvalue weighted by atomic mass is 16.4. The topological polar surface area (TPSA) is 57.5 Å². The smallest absolute Gasteiger partial charge is 0.316 e. The number of hydrogen-bond donors (Lipinski definition) is 2. The fraction of sp³-hybridized carbons (Fsp3) is 0.250. The second-order valence-electron chi connectivity index (χ2n) is 3.40. The van der Waals surface area contributed by atoms with Crippen LogP contribution in [0.15, 0.2) is 43.0 Å². The first-order valence-corrected chi connectivity index (χ1v) is 4.68. The summed E-state index contributed by atoms with van der Waals surface area (Å²) in [5.41, 5.74) is -0.664. The van der Waals surface area contributed by atoms with Crippen molar-refractivity contribution in [2.45, 2.75) is 11.8 Å². The second kappa shape index (κ2) is 4.75. The first-order chi connectivity index (χ1) is 7.17. The van der Waals surface area contributed by atoms with Crippen molar-refractivity contribution in [1.82, 2.24) is 0 Å². The van der Waals surface area contributed by atoms with Gasteiger partial charge in [-0.05, 0) is 12.0 Å². The number of carboxylic acid groups (broad SMARTS) is 1. The normalized spacial score (nSPS) is 14.2. The van der Waals surface area contributed by atoms with Crippen molar-refractivity contribution in [3.8, 4) is 0 Å². The molecular formula is C12H14O3. The van der Waals surface area contributed by atoms with Crippen LogP contribution in [0.5, 0.6) is 0 Å². The highest BCUT2D eigenvalue weighted by Gasteiger charge is 2.38. The Balaban J connectivity index is 3.21. The Morgan fingerprint density at radius 1 is 1.40 bits per heavy atom. The van der Waals surface area contributed by atoms with Crippen molar-refractivity contribution in [1.29, 1.82) is 0 Å². The molecular weight excluding hydrogens is 192 g/mol. The first-order valence-electron chi connectivity index (χ1n) is 4.68. The highest BCUT2D eigenvalue weighted by Crippen LogP contribution is 2.28. The lowest BCUT2D eigenvalue weighted by molar-refractivity contribution is -0.145. The lowest BCUT2D eigenvalue weighted by Crippen LogP contribution is -2.39. The van der Waals surface area contributed by atoms with Crippen LogP contribution in [0.25, 0.3) is 0 Å². The van der Waals surface area contributed by atoms with Crippen LogP contribution in [-0.4, -0.2) is 22.8 Å².